The van der Waals surface area contributed by atoms with E-state index in [4.69, 9.17) is 9.52 Å². The minimum absolute atomic E-state index is 0.837. The van der Waals surface area contributed by atoms with Gasteiger partial charge in [0.1, 0.15) is 6.26 Å². The SMILES string of the molecule is CCNC(=NCCN1CCc2ccccc2C1)N1CCN(Cc2ccon2)CC1. The van der Waals surface area contributed by atoms with Crippen LogP contribution in [0.25, 0.3) is 0 Å². The second kappa shape index (κ2) is 9.89. The highest BCUT2D eigenvalue weighted by Gasteiger charge is 2.20. The second-order valence-corrected chi connectivity index (χ2v) is 7.78. The lowest BCUT2D eigenvalue weighted by molar-refractivity contribution is 0.169. The maximum atomic E-state index is 4.94. The van der Waals surface area contributed by atoms with Gasteiger partial charge in [0.15, 0.2) is 5.96 Å². The van der Waals surface area contributed by atoms with Crippen LogP contribution >= 0.6 is 0 Å². The molecule has 1 aromatic heterocycles. The van der Waals surface area contributed by atoms with E-state index in [0.29, 0.717) is 0 Å². The van der Waals surface area contributed by atoms with E-state index in [0.717, 1.165) is 83.5 Å². The maximum Gasteiger partial charge on any atom is 0.194 e. The average molecular weight is 397 g/mol. The smallest absolute Gasteiger partial charge is 0.194 e. The number of benzene rings is 1. The number of hydrogen-bond donors (Lipinski definition) is 1. The Labute approximate surface area is 173 Å². The summed E-state index contributed by atoms with van der Waals surface area (Å²) >= 11 is 0. The highest BCUT2D eigenvalue weighted by atomic mass is 16.5. The molecule has 2 aromatic rings. The zero-order valence-electron chi connectivity index (χ0n) is 17.4. The van der Waals surface area contributed by atoms with E-state index in [1.54, 1.807) is 6.26 Å². The third-order valence-corrected chi connectivity index (χ3v) is 5.77. The van der Waals surface area contributed by atoms with Crippen LogP contribution in [0.15, 0.2) is 46.1 Å². The molecule has 2 aliphatic heterocycles. The third kappa shape index (κ3) is 5.36. The number of aromatic nitrogens is 1. The van der Waals surface area contributed by atoms with Crippen LogP contribution in [0.1, 0.15) is 23.7 Å². The molecule has 0 aliphatic carbocycles. The summed E-state index contributed by atoms with van der Waals surface area (Å²) in [6, 6.07) is 10.7. The molecule has 0 bridgehead atoms. The van der Waals surface area contributed by atoms with Gasteiger partial charge in [0, 0.05) is 65.0 Å². The molecule has 0 spiro atoms. The normalized spacial score (nSPS) is 18.7. The van der Waals surface area contributed by atoms with Gasteiger partial charge in [0.2, 0.25) is 0 Å². The minimum atomic E-state index is 0.837. The van der Waals surface area contributed by atoms with E-state index in [1.807, 2.05) is 6.07 Å². The summed E-state index contributed by atoms with van der Waals surface area (Å²) in [7, 11) is 0. The van der Waals surface area contributed by atoms with Crippen LogP contribution in [0.2, 0.25) is 0 Å². The zero-order chi connectivity index (χ0) is 19.9. The molecule has 3 heterocycles. The van der Waals surface area contributed by atoms with Crippen molar-refractivity contribution < 1.29 is 4.52 Å². The van der Waals surface area contributed by atoms with Gasteiger partial charge in [-0.3, -0.25) is 14.8 Å². The fourth-order valence-electron chi connectivity index (χ4n) is 4.13. The lowest BCUT2D eigenvalue weighted by Crippen LogP contribution is -2.52. The molecule has 0 atom stereocenters. The molecule has 0 radical (unpaired) electrons. The molecule has 29 heavy (non-hydrogen) atoms. The molecule has 7 heteroatoms. The number of piperazine rings is 1. The first-order chi connectivity index (χ1) is 14.3. The van der Waals surface area contributed by atoms with Crippen LogP contribution in [-0.2, 0) is 19.5 Å². The van der Waals surface area contributed by atoms with Gasteiger partial charge in [-0.25, -0.2) is 0 Å². The number of hydrogen-bond acceptors (Lipinski definition) is 5. The average Bonchev–Trinajstić information content (AvgIpc) is 3.27. The van der Waals surface area contributed by atoms with E-state index in [1.165, 1.54) is 11.1 Å². The lowest BCUT2D eigenvalue weighted by atomic mass is 10.00. The van der Waals surface area contributed by atoms with Gasteiger partial charge in [0.25, 0.3) is 0 Å². The number of rotatable bonds is 6. The van der Waals surface area contributed by atoms with Crippen LogP contribution in [0.4, 0.5) is 0 Å². The Balaban J connectivity index is 1.26. The fourth-order valence-corrected chi connectivity index (χ4v) is 4.13. The predicted molar refractivity (Wildman–Crippen MR) is 115 cm³/mol. The van der Waals surface area contributed by atoms with Crippen molar-refractivity contribution in [3.05, 3.63) is 53.4 Å². The molecular formula is C22H32N6O. The Bertz CT molecular complexity index is 782. The van der Waals surface area contributed by atoms with Crippen LogP contribution in [0.5, 0.6) is 0 Å². The fraction of sp³-hybridized carbons (Fsp3) is 0.545. The molecule has 1 N–H and O–H groups in total. The van der Waals surface area contributed by atoms with Crippen LogP contribution < -0.4 is 5.32 Å². The van der Waals surface area contributed by atoms with Gasteiger partial charge >= 0.3 is 0 Å². The summed E-state index contributed by atoms with van der Waals surface area (Å²) in [6.45, 7) is 11.9. The topological polar surface area (TPSA) is 60.1 Å². The maximum absolute atomic E-state index is 4.94. The number of fused-ring (bicyclic) bond motifs is 1. The molecule has 4 rings (SSSR count). The number of aliphatic imine (C=N–C) groups is 1. The van der Waals surface area contributed by atoms with Gasteiger partial charge in [-0.2, -0.15) is 0 Å². The van der Waals surface area contributed by atoms with Crippen molar-refractivity contribution in [2.75, 3.05) is 52.4 Å². The first kappa shape index (κ1) is 19.9. The van der Waals surface area contributed by atoms with Crippen molar-refractivity contribution in [2.24, 2.45) is 4.99 Å². The monoisotopic (exact) mass is 396 g/mol. The third-order valence-electron chi connectivity index (χ3n) is 5.77. The van der Waals surface area contributed by atoms with Gasteiger partial charge in [-0.1, -0.05) is 29.4 Å². The molecule has 7 nitrogen and oxygen atoms in total. The molecule has 1 saturated heterocycles. The van der Waals surface area contributed by atoms with Crippen LogP contribution in [-0.4, -0.2) is 78.2 Å². The lowest BCUT2D eigenvalue weighted by Gasteiger charge is -2.36. The van der Waals surface area contributed by atoms with Gasteiger partial charge < -0.3 is 14.7 Å². The molecule has 1 fully saturated rings. The molecule has 156 valence electrons. The van der Waals surface area contributed by atoms with E-state index in [2.05, 4.69) is 56.4 Å². The Morgan fingerprint density at radius 2 is 1.90 bits per heavy atom. The summed E-state index contributed by atoms with van der Waals surface area (Å²) < 4.78 is 4.94. The molecule has 2 aliphatic rings. The first-order valence-corrected chi connectivity index (χ1v) is 10.8. The molecule has 0 unspecified atom stereocenters. The van der Waals surface area contributed by atoms with Gasteiger partial charge in [0.05, 0.1) is 12.2 Å². The van der Waals surface area contributed by atoms with E-state index >= 15 is 0 Å². The Morgan fingerprint density at radius 1 is 1.07 bits per heavy atom. The minimum Gasteiger partial charge on any atom is -0.364 e. The Hall–Kier alpha value is -2.38. The molecule has 0 saturated carbocycles. The van der Waals surface area contributed by atoms with E-state index in [9.17, 15) is 0 Å². The Morgan fingerprint density at radius 3 is 2.66 bits per heavy atom. The summed E-state index contributed by atoms with van der Waals surface area (Å²) in [5, 5.41) is 7.50. The van der Waals surface area contributed by atoms with Crippen LogP contribution in [0.3, 0.4) is 0 Å². The van der Waals surface area contributed by atoms with Crippen molar-refractivity contribution in [1.29, 1.82) is 0 Å². The number of nitrogens with zero attached hydrogens (tertiary/aromatic N) is 5. The first-order valence-electron chi connectivity index (χ1n) is 10.8. The largest absolute Gasteiger partial charge is 0.364 e. The van der Waals surface area contributed by atoms with E-state index < -0.39 is 0 Å². The zero-order valence-corrected chi connectivity index (χ0v) is 17.4. The van der Waals surface area contributed by atoms with Crippen molar-refractivity contribution in [3.63, 3.8) is 0 Å². The molecular weight excluding hydrogens is 364 g/mol. The quantitative estimate of drug-likeness (QED) is 0.594. The van der Waals surface area contributed by atoms with Gasteiger partial charge in [-0.15, -0.1) is 0 Å². The number of nitrogens with one attached hydrogen (secondary N) is 1. The number of guanidine groups is 1. The van der Waals surface area contributed by atoms with Gasteiger partial charge in [-0.05, 0) is 24.5 Å². The standard InChI is InChI=1S/C22H32N6O/c1-2-23-22(28-14-12-27(13-15-28)18-21-8-16-29-25-21)24-9-11-26-10-7-19-5-3-4-6-20(19)17-26/h3-6,8,16H,2,7,9-15,17-18H2,1H3,(H,23,24). The predicted octanol–water partition coefficient (Wildman–Crippen LogP) is 1.82. The summed E-state index contributed by atoms with van der Waals surface area (Å²) in [6.07, 6.45) is 2.79. The Kier molecular flexibility index (Phi) is 6.79. The summed E-state index contributed by atoms with van der Waals surface area (Å²) in [5.41, 5.74) is 3.98. The summed E-state index contributed by atoms with van der Waals surface area (Å²) in [5.74, 6) is 1.05. The van der Waals surface area contributed by atoms with Crippen molar-refractivity contribution in [3.8, 4) is 0 Å². The van der Waals surface area contributed by atoms with Crippen LogP contribution in [0, 0.1) is 0 Å². The van der Waals surface area contributed by atoms with Crippen molar-refractivity contribution >= 4 is 5.96 Å². The van der Waals surface area contributed by atoms with Crippen molar-refractivity contribution in [2.45, 2.75) is 26.4 Å². The summed E-state index contributed by atoms with van der Waals surface area (Å²) in [4.78, 5) is 12.3. The molecule has 1 aromatic carbocycles. The van der Waals surface area contributed by atoms with Crippen molar-refractivity contribution in [1.82, 2.24) is 25.2 Å². The second-order valence-electron chi connectivity index (χ2n) is 7.78. The highest BCUT2D eigenvalue weighted by Crippen LogP contribution is 2.18. The highest BCUT2D eigenvalue weighted by molar-refractivity contribution is 5.80. The molecule has 0 amide bonds. The van der Waals surface area contributed by atoms with E-state index in [-0.39, 0.29) is 0 Å².